The van der Waals surface area contributed by atoms with E-state index in [-0.39, 0.29) is 11.5 Å². The van der Waals surface area contributed by atoms with E-state index in [9.17, 15) is 8.78 Å². The maximum Gasteiger partial charge on any atom is 0.133 e. The van der Waals surface area contributed by atoms with Gasteiger partial charge in [-0.05, 0) is 24.5 Å². The lowest BCUT2D eigenvalue weighted by Crippen LogP contribution is -2.34. The third-order valence-electron chi connectivity index (χ3n) is 3.33. The van der Waals surface area contributed by atoms with Crippen molar-refractivity contribution in [1.29, 1.82) is 0 Å². The number of nitrogens with one attached hydrogen (secondary N) is 1. The Morgan fingerprint density at radius 3 is 2.29 bits per heavy atom. The molecule has 0 aromatic heterocycles. The summed E-state index contributed by atoms with van der Waals surface area (Å²) in [6.07, 6.45) is 1.64. The molecule has 0 saturated carbocycles. The molecule has 1 aromatic carbocycles. The van der Waals surface area contributed by atoms with E-state index in [2.05, 4.69) is 5.43 Å². The second-order valence-corrected chi connectivity index (χ2v) is 4.31. The first-order chi connectivity index (χ1) is 8.06. The molecule has 96 valence electrons. The molecule has 0 heterocycles. The van der Waals surface area contributed by atoms with Gasteiger partial charge < -0.3 is 0 Å². The van der Waals surface area contributed by atoms with Gasteiger partial charge in [0, 0.05) is 5.56 Å². The van der Waals surface area contributed by atoms with E-state index < -0.39 is 17.7 Å². The van der Waals surface area contributed by atoms with Gasteiger partial charge in [0.15, 0.2) is 0 Å². The first kappa shape index (κ1) is 14.1. The molecular weight excluding hydrogens is 222 g/mol. The average molecular weight is 242 g/mol. The van der Waals surface area contributed by atoms with Crippen molar-refractivity contribution < 1.29 is 8.78 Å². The van der Waals surface area contributed by atoms with Crippen molar-refractivity contribution in [3.05, 3.63) is 34.9 Å². The monoisotopic (exact) mass is 242 g/mol. The largest absolute Gasteiger partial charge is 0.271 e. The minimum atomic E-state index is -0.539. The van der Waals surface area contributed by atoms with Crippen LogP contribution >= 0.6 is 0 Å². The van der Waals surface area contributed by atoms with Crippen molar-refractivity contribution >= 4 is 0 Å². The zero-order chi connectivity index (χ0) is 13.0. The van der Waals surface area contributed by atoms with E-state index in [1.807, 2.05) is 13.8 Å². The standard InChI is InChI=1S/C13H20F2N2/c1-4-9(5-2)13(17-16)11-10(14)7-6-8(3)12(11)15/h6-7,9,13,17H,4-5,16H2,1-3H3. The molecule has 0 radical (unpaired) electrons. The summed E-state index contributed by atoms with van der Waals surface area (Å²) >= 11 is 0. The lowest BCUT2D eigenvalue weighted by atomic mass is 9.88. The molecule has 4 heteroatoms. The van der Waals surface area contributed by atoms with Crippen LogP contribution < -0.4 is 11.3 Å². The van der Waals surface area contributed by atoms with Gasteiger partial charge in [-0.2, -0.15) is 0 Å². The maximum atomic E-state index is 14.0. The van der Waals surface area contributed by atoms with Crippen LogP contribution in [-0.4, -0.2) is 0 Å². The first-order valence-electron chi connectivity index (χ1n) is 5.97. The summed E-state index contributed by atoms with van der Waals surface area (Å²) in [4.78, 5) is 0. The van der Waals surface area contributed by atoms with E-state index in [0.717, 1.165) is 12.8 Å². The van der Waals surface area contributed by atoms with Gasteiger partial charge in [-0.15, -0.1) is 0 Å². The van der Waals surface area contributed by atoms with Gasteiger partial charge >= 0.3 is 0 Å². The Hall–Kier alpha value is -1.00. The number of nitrogens with two attached hydrogens (primary N) is 1. The molecule has 1 unspecified atom stereocenters. The van der Waals surface area contributed by atoms with E-state index in [4.69, 9.17) is 5.84 Å². The van der Waals surface area contributed by atoms with E-state index >= 15 is 0 Å². The number of benzene rings is 1. The lowest BCUT2D eigenvalue weighted by Gasteiger charge is -2.26. The topological polar surface area (TPSA) is 38.0 Å². The van der Waals surface area contributed by atoms with Crippen molar-refractivity contribution in [2.75, 3.05) is 0 Å². The number of hydrogen-bond donors (Lipinski definition) is 2. The molecule has 0 saturated heterocycles. The molecule has 17 heavy (non-hydrogen) atoms. The van der Waals surface area contributed by atoms with Crippen molar-refractivity contribution in [2.24, 2.45) is 11.8 Å². The second-order valence-electron chi connectivity index (χ2n) is 4.31. The van der Waals surface area contributed by atoms with Gasteiger partial charge in [-0.25, -0.2) is 8.78 Å². The Morgan fingerprint density at radius 1 is 1.24 bits per heavy atom. The highest BCUT2D eigenvalue weighted by Crippen LogP contribution is 2.31. The van der Waals surface area contributed by atoms with Crippen molar-refractivity contribution in [2.45, 2.75) is 39.7 Å². The van der Waals surface area contributed by atoms with E-state index in [1.165, 1.54) is 12.1 Å². The molecule has 0 spiro atoms. The van der Waals surface area contributed by atoms with Gasteiger partial charge in [-0.3, -0.25) is 11.3 Å². The highest BCUT2D eigenvalue weighted by molar-refractivity contribution is 5.29. The van der Waals surface area contributed by atoms with Crippen LogP contribution in [-0.2, 0) is 0 Å². The average Bonchev–Trinajstić information content (AvgIpc) is 2.33. The molecule has 0 aliphatic rings. The fraction of sp³-hybridized carbons (Fsp3) is 0.538. The van der Waals surface area contributed by atoms with Gasteiger partial charge in [0.2, 0.25) is 0 Å². The summed E-state index contributed by atoms with van der Waals surface area (Å²) in [7, 11) is 0. The van der Waals surface area contributed by atoms with Crippen molar-refractivity contribution in [3.8, 4) is 0 Å². The van der Waals surface area contributed by atoms with Crippen LogP contribution in [0.5, 0.6) is 0 Å². The summed E-state index contributed by atoms with van der Waals surface area (Å²) in [5.41, 5.74) is 3.04. The molecule has 2 nitrogen and oxygen atoms in total. The fourth-order valence-electron chi connectivity index (χ4n) is 2.18. The van der Waals surface area contributed by atoms with Crippen LogP contribution in [0.4, 0.5) is 8.78 Å². The van der Waals surface area contributed by atoms with E-state index in [0.29, 0.717) is 5.56 Å². The minimum Gasteiger partial charge on any atom is -0.271 e. The van der Waals surface area contributed by atoms with Crippen LogP contribution in [0.15, 0.2) is 12.1 Å². The number of rotatable bonds is 5. The summed E-state index contributed by atoms with van der Waals surface area (Å²) in [5.74, 6) is 4.54. The molecular formula is C13H20F2N2. The third kappa shape index (κ3) is 2.82. The molecule has 1 rings (SSSR count). The van der Waals surface area contributed by atoms with Gasteiger partial charge in [0.25, 0.3) is 0 Å². The maximum absolute atomic E-state index is 14.0. The van der Waals surface area contributed by atoms with Gasteiger partial charge in [-0.1, -0.05) is 32.8 Å². The van der Waals surface area contributed by atoms with E-state index in [1.54, 1.807) is 6.92 Å². The molecule has 0 aliphatic heterocycles. The van der Waals surface area contributed by atoms with Gasteiger partial charge in [0.05, 0.1) is 6.04 Å². The Kier molecular flexibility index (Phi) is 5.02. The number of hydrazine groups is 1. The zero-order valence-corrected chi connectivity index (χ0v) is 10.6. The van der Waals surface area contributed by atoms with Crippen LogP contribution in [0.2, 0.25) is 0 Å². The van der Waals surface area contributed by atoms with Gasteiger partial charge in [0.1, 0.15) is 11.6 Å². The normalized spacial score (nSPS) is 13.1. The van der Waals surface area contributed by atoms with Crippen molar-refractivity contribution in [1.82, 2.24) is 5.43 Å². The van der Waals surface area contributed by atoms with Crippen LogP contribution in [0, 0.1) is 24.5 Å². The van der Waals surface area contributed by atoms with Crippen LogP contribution in [0.3, 0.4) is 0 Å². The first-order valence-corrected chi connectivity index (χ1v) is 5.97. The molecule has 0 aliphatic carbocycles. The number of halogens is 2. The van der Waals surface area contributed by atoms with Crippen LogP contribution in [0.1, 0.15) is 43.9 Å². The third-order valence-corrected chi connectivity index (χ3v) is 3.33. The number of aryl methyl sites for hydroxylation is 1. The predicted octanol–water partition coefficient (Wildman–Crippen LogP) is 3.21. The quantitative estimate of drug-likeness (QED) is 0.614. The summed E-state index contributed by atoms with van der Waals surface area (Å²) < 4.78 is 27.8. The highest BCUT2D eigenvalue weighted by Gasteiger charge is 2.26. The van der Waals surface area contributed by atoms with Crippen molar-refractivity contribution in [3.63, 3.8) is 0 Å². The minimum absolute atomic E-state index is 0.0567. The molecule has 0 fully saturated rings. The molecule has 1 aromatic rings. The Bertz CT molecular complexity index is 376. The molecule has 0 amide bonds. The molecule has 0 bridgehead atoms. The Labute approximate surface area is 101 Å². The summed E-state index contributed by atoms with van der Waals surface area (Å²) in [6.45, 7) is 5.60. The van der Waals surface area contributed by atoms with Crippen LogP contribution in [0.25, 0.3) is 0 Å². The lowest BCUT2D eigenvalue weighted by molar-refractivity contribution is 0.325. The molecule has 1 atom stereocenters. The summed E-state index contributed by atoms with van der Waals surface area (Å²) in [6, 6.07) is 2.25. The zero-order valence-electron chi connectivity index (χ0n) is 10.6. The SMILES string of the molecule is CCC(CC)C(NN)c1c(F)ccc(C)c1F. The Morgan fingerprint density at radius 2 is 1.82 bits per heavy atom. The fourth-order valence-corrected chi connectivity index (χ4v) is 2.18. The second kappa shape index (κ2) is 6.07. The highest BCUT2D eigenvalue weighted by atomic mass is 19.1. The Balaban J connectivity index is 3.24. The molecule has 3 N–H and O–H groups in total. The number of hydrogen-bond acceptors (Lipinski definition) is 2. The smallest absolute Gasteiger partial charge is 0.133 e. The predicted molar refractivity (Wildman–Crippen MR) is 65.2 cm³/mol. The summed E-state index contributed by atoms with van der Waals surface area (Å²) in [5, 5.41) is 0.